The molecule has 29 heavy (non-hydrogen) atoms. The number of aliphatic hydroxyl groups is 1. The third-order valence-electron chi connectivity index (χ3n) is 4.57. The van der Waals surface area contributed by atoms with Crippen molar-refractivity contribution < 1.29 is 23.5 Å². The number of hydrogen-bond donors (Lipinski definition) is 1. The van der Waals surface area contributed by atoms with Gasteiger partial charge in [-0.1, -0.05) is 6.07 Å². The third-order valence-corrected chi connectivity index (χ3v) is 4.57. The molecule has 3 heterocycles. The second-order valence-electron chi connectivity index (χ2n) is 6.29. The number of aromatic nitrogens is 2. The van der Waals surface area contributed by atoms with Crippen LogP contribution in [0.25, 0.3) is 5.76 Å². The van der Waals surface area contributed by atoms with Crippen molar-refractivity contribution >= 4 is 23.1 Å². The summed E-state index contributed by atoms with van der Waals surface area (Å²) in [6, 6.07) is 7.50. The van der Waals surface area contributed by atoms with E-state index in [1.54, 1.807) is 12.1 Å². The molecule has 1 fully saturated rings. The predicted octanol–water partition coefficient (Wildman–Crippen LogP) is 3.38. The van der Waals surface area contributed by atoms with Crippen molar-refractivity contribution in [3.05, 3.63) is 95.6 Å². The first-order valence-electron chi connectivity index (χ1n) is 8.55. The fourth-order valence-corrected chi connectivity index (χ4v) is 3.27. The number of benzene rings is 1. The molecule has 1 atom stereocenters. The van der Waals surface area contributed by atoms with Crippen LogP contribution in [0, 0.1) is 11.6 Å². The molecule has 2 aromatic heterocycles. The maximum absolute atomic E-state index is 14.5. The lowest BCUT2D eigenvalue weighted by molar-refractivity contribution is -0.132. The number of Topliss-reactive ketones (excluding diaryl/α,β-unsaturated/α-hetero) is 1. The molecule has 1 amide bonds. The molecule has 0 saturated carbocycles. The zero-order valence-electron chi connectivity index (χ0n) is 14.8. The van der Waals surface area contributed by atoms with Crippen LogP contribution in [-0.4, -0.2) is 26.8 Å². The van der Waals surface area contributed by atoms with Crippen LogP contribution in [0.4, 0.5) is 14.5 Å². The van der Waals surface area contributed by atoms with Crippen LogP contribution in [0.1, 0.15) is 17.2 Å². The van der Waals surface area contributed by atoms with Gasteiger partial charge in [-0.2, -0.15) is 0 Å². The zero-order chi connectivity index (χ0) is 20.5. The number of ketones is 1. The number of amides is 1. The van der Waals surface area contributed by atoms with Crippen LogP contribution in [0.2, 0.25) is 0 Å². The van der Waals surface area contributed by atoms with Crippen LogP contribution in [0.5, 0.6) is 0 Å². The largest absolute Gasteiger partial charge is 0.507 e. The Hall–Kier alpha value is -3.94. The molecule has 0 spiro atoms. The predicted molar refractivity (Wildman–Crippen MR) is 99.6 cm³/mol. The highest BCUT2D eigenvalue weighted by Crippen LogP contribution is 2.42. The maximum atomic E-state index is 14.5. The highest BCUT2D eigenvalue weighted by molar-refractivity contribution is 6.51. The first kappa shape index (κ1) is 18.4. The van der Waals surface area contributed by atoms with Crippen LogP contribution in [0.15, 0.2) is 72.8 Å². The Bertz CT molecular complexity index is 1130. The van der Waals surface area contributed by atoms with Crippen molar-refractivity contribution in [2.45, 2.75) is 6.04 Å². The van der Waals surface area contributed by atoms with E-state index in [1.165, 1.54) is 36.9 Å². The lowest BCUT2D eigenvalue weighted by atomic mass is 9.96. The van der Waals surface area contributed by atoms with Crippen LogP contribution in [0.3, 0.4) is 0 Å². The number of hydrogen-bond acceptors (Lipinski definition) is 5. The van der Waals surface area contributed by atoms with Crippen molar-refractivity contribution in [2.24, 2.45) is 0 Å². The van der Waals surface area contributed by atoms with Crippen LogP contribution >= 0.6 is 0 Å². The van der Waals surface area contributed by atoms with Crippen LogP contribution in [-0.2, 0) is 9.59 Å². The Kier molecular flexibility index (Phi) is 4.59. The molecule has 1 unspecified atom stereocenters. The van der Waals surface area contributed by atoms with Crippen LogP contribution < -0.4 is 4.90 Å². The van der Waals surface area contributed by atoms with Gasteiger partial charge in [-0.25, -0.2) is 8.78 Å². The molecule has 0 aliphatic carbocycles. The number of nitrogens with zero attached hydrogens (tertiary/aromatic N) is 3. The molecule has 144 valence electrons. The quantitative estimate of drug-likeness (QED) is 0.419. The Labute approximate surface area is 163 Å². The summed E-state index contributed by atoms with van der Waals surface area (Å²) in [5.74, 6) is -4.21. The van der Waals surface area contributed by atoms with Gasteiger partial charge in [0.25, 0.3) is 11.7 Å². The summed E-state index contributed by atoms with van der Waals surface area (Å²) in [6.45, 7) is 0. The Morgan fingerprint density at radius 3 is 2.45 bits per heavy atom. The molecule has 3 aromatic rings. The molecule has 1 aromatic carbocycles. The van der Waals surface area contributed by atoms with Crippen molar-refractivity contribution in [3.63, 3.8) is 0 Å². The molecule has 1 aliphatic heterocycles. The summed E-state index contributed by atoms with van der Waals surface area (Å²) >= 11 is 0. The van der Waals surface area contributed by atoms with Crippen molar-refractivity contribution in [2.75, 3.05) is 4.90 Å². The maximum Gasteiger partial charge on any atom is 0.300 e. The van der Waals surface area contributed by atoms with Gasteiger partial charge in [0.2, 0.25) is 0 Å². The minimum atomic E-state index is -1.19. The van der Waals surface area contributed by atoms with Gasteiger partial charge >= 0.3 is 0 Å². The molecule has 4 rings (SSSR count). The van der Waals surface area contributed by atoms with E-state index < -0.39 is 40.8 Å². The third kappa shape index (κ3) is 3.14. The fourth-order valence-electron chi connectivity index (χ4n) is 3.27. The summed E-state index contributed by atoms with van der Waals surface area (Å²) < 4.78 is 28.3. The van der Waals surface area contributed by atoms with Gasteiger partial charge in [-0.3, -0.25) is 24.5 Å². The van der Waals surface area contributed by atoms with Crippen molar-refractivity contribution in [3.8, 4) is 0 Å². The second-order valence-corrected chi connectivity index (χ2v) is 6.29. The van der Waals surface area contributed by atoms with E-state index in [-0.39, 0.29) is 11.1 Å². The lowest BCUT2D eigenvalue weighted by Gasteiger charge is -2.25. The highest BCUT2D eigenvalue weighted by Gasteiger charge is 2.47. The summed E-state index contributed by atoms with van der Waals surface area (Å²) in [6.07, 6.45) is 5.70. The number of rotatable bonds is 3. The summed E-state index contributed by atoms with van der Waals surface area (Å²) in [5.41, 5.74) is -0.0508. The van der Waals surface area contributed by atoms with E-state index in [2.05, 4.69) is 9.97 Å². The standard InChI is InChI=1S/C21H13F2N3O3/c22-14-3-4-15(23)16(10-14)26-18(13-2-1-7-25-11-13)17(20(28)21(26)29)19(27)12-5-8-24-9-6-12/h1-11,18,27H/b19-17+. The fraction of sp³-hybridized carbons (Fsp3) is 0.0476. The Balaban J connectivity index is 1.98. The molecule has 1 N–H and O–H groups in total. The molecule has 6 nitrogen and oxygen atoms in total. The molecular weight excluding hydrogens is 380 g/mol. The zero-order valence-corrected chi connectivity index (χ0v) is 14.8. The molecule has 1 saturated heterocycles. The van der Waals surface area contributed by atoms with Gasteiger partial charge in [0.1, 0.15) is 17.4 Å². The summed E-state index contributed by atoms with van der Waals surface area (Å²) in [4.78, 5) is 34.3. The van der Waals surface area contributed by atoms with E-state index >= 15 is 0 Å². The first-order valence-corrected chi connectivity index (χ1v) is 8.55. The van der Waals surface area contributed by atoms with E-state index in [4.69, 9.17) is 0 Å². The van der Waals surface area contributed by atoms with E-state index in [0.717, 1.165) is 23.1 Å². The SMILES string of the molecule is O=C1C(=O)N(c2cc(F)ccc2F)C(c2cccnc2)/C1=C(\O)c1ccncc1. The summed E-state index contributed by atoms with van der Waals surface area (Å²) in [5, 5.41) is 10.8. The van der Waals surface area contributed by atoms with E-state index in [1.807, 2.05) is 0 Å². The number of carbonyl (C=O) groups excluding carboxylic acids is 2. The Morgan fingerprint density at radius 1 is 1.00 bits per heavy atom. The number of anilines is 1. The number of pyridine rings is 2. The normalized spacial score (nSPS) is 18.3. The minimum Gasteiger partial charge on any atom is -0.507 e. The first-order chi connectivity index (χ1) is 14.0. The monoisotopic (exact) mass is 393 g/mol. The highest BCUT2D eigenvalue weighted by atomic mass is 19.1. The minimum absolute atomic E-state index is 0.252. The van der Waals surface area contributed by atoms with Gasteiger partial charge in [0.15, 0.2) is 0 Å². The number of aliphatic hydroxyl groups excluding tert-OH is 1. The van der Waals surface area contributed by atoms with Gasteiger partial charge in [-0.15, -0.1) is 0 Å². The smallest absolute Gasteiger partial charge is 0.300 e. The topological polar surface area (TPSA) is 83.4 Å². The van der Waals surface area contributed by atoms with Gasteiger partial charge in [-0.05, 0) is 35.9 Å². The molecule has 1 aliphatic rings. The average Bonchev–Trinajstić information content (AvgIpc) is 3.01. The van der Waals surface area contributed by atoms with E-state index in [9.17, 15) is 23.5 Å². The number of carbonyl (C=O) groups is 2. The van der Waals surface area contributed by atoms with Crippen molar-refractivity contribution in [1.29, 1.82) is 0 Å². The molecule has 0 bridgehead atoms. The Morgan fingerprint density at radius 2 is 1.76 bits per heavy atom. The van der Waals surface area contributed by atoms with Crippen molar-refractivity contribution in [1.82, 2.24) is 9.97 Å². The van der Waals surface area contributed by atoms with E-state index in [0.29, 0.717) is 5.56 Å². The molecule has 0 radical (unpaired) electrons. The molecular formula is C21H13F2N3O3. The second kappa shape index (κ2) is 7.23. The van der Waals surface area contributed by atoms with Gasteiger partial charge in [0.05, 0.1) is 17.3 Å². The lowest BCUT2D eigenvalue weighted by Crippen LogP contribution is -2.30. The van der Waals surface area contributed by atoms with Gasteiger partial charge < -0.3 is 5.11 Å². The van der Waals surface area contributed by atoms with Gasteiger partial charge in [0, 0.05) is 36.4 Å². The molecule has 8 heteroatoms. The summed E-state index contributed by atoms with van der Waals surface area (Å²) in [7, 11) is 0. The average molecular weight is 393 g/mol. The number of halogens is 2.